The number of rotatable bonds is 11. The minimum absolute atomic E-state index is 0.153. The zero-order valence-corrected chi connectivity index (χ0v) is 18.2. The van der Waals surface area contributed by atoms with Crippen molar-refractivity contribution in [2.45, 2.75) is 24.5 Å². The van der Waals surface area contributed by atoms with E-state index in [1.807, 2.05) is 30.3 Å². The molecule has 0 aromatic heterocycles. The van der Waals surface area contributed by atoms with E-state index in [2.05, 4.69) is 17.2 Å². The number of amides is 2. The van der Waals surface area contributed by atoms with Gasteiger partial charge in [-0.2, -0.15) is 0 Å². The summed E-state index contributed by atoms with van der Waals surface area (Å²) in [6, 6.07) is 15.6. The molecule has 9 heteroatoms. The van der Waals surface area contributed by atoms with Crippen molar-refractivity contribution >= 4 is 22.0 Å². The minimum atomic E-state index is -3.64. The van der Waals surface area contributed by atoms with Crippen molar-refractivity contribution in [3.63, 3.8) is 0 Å². The van der Waals surface area contributed by atoms with Crippen LogP contribution in [0.15, 0.2) is 72.1 Å². The molecular formula is C22H27N3O5S. The van der Waals surface area contributed by atoms with Crippen LogP contribution in [0.25, 0.3) is 0 Å². The Bertz CT molecular complexity index is 976. The van der Waals surface area contributed by atoms with Gasteiger partial charge in [-0.1, -0.05) is 49.0 Å². The summed E-state index contributed by atoms with van der Waals surface area (Å²) in [5, 5.41) is 5.24. The molecule has 0 radical (unpaired) electrons. The summed E-state index contributed by atoms with van der Waals surface area (Å²) in [4.78, 5) is 23.1. The molecule has 31 heavy (non-hydrogen) atoms. The number of alkyl carbamates (subject to hydrolysis) is 1. The van der Waals surface area contributed by atoms with Crippen LogP contribution in [0.3, 0.4) is 0 Å². The molecule has 0 aliphatic heterocycles. The van der Waals surface area contributed by atoms with Gasteiger partial charge in [-0.05, 0) is 35.8 Å². The van der Waals surface area contributed by atoms with Gasteiger partial charge in [0.2, 0.25) is 15.9 Å². The Labute approximate surface area is 183 Å². The van der Waals surface area contributed by atoms with Crippen LogP contribution >= 0.6 is 0 Å². The fourth-order valence-electron chi connectivity index (χ4n) is 2.61. The lowest BCUT2D eigenvalue weighted by atomic mass is 10.2. The minimum Gasteiger partial charge on any atom is -0.445 e. The highest BCUT2D eigenvalue weighted by Crippen LogP contribution is 2.15. The zero-order valence-electron chi connectivity index (χ0n) is 17.4. The number of sulfonamides is 1. The number of hydrogen-bond donors (Lipinski definition) is 2. The normalized spacial score (nSPS) is 11.0. The van der Waals surface area contributed by atoms with Crippen LogP contribution in [-0.2, 0) is 32.7 Å². The summed E-state index contributed by atoms with van der Waals surface area (Å²) < 4.78 is 31.7. The molecule has 0 bridgehead atoms. The van der Waals surface area contributed by atoms with E-state index in [-0.39, 0.29) is 30.5 Å². The first kappa shape index (κ1) is 24.1. The maximum atomic E-state index is 12.6. The summed E-state index contributed by atoms with van der Waals surface area (Å²) in [5.74, 6) is -0.293. The molecule has 0 saturated carbocycles. The summed E-state index contributed by atoms with van der Waals surface area (Å²) in [5.41, 5.74) is 1.63. The van der Waals surface area contributed by atoms with E-state index in [1.165, 1.54) is 29.6 Å². The van der Waals surface area contributed by atoms with Gasteiger partial charge in [0, 0.05) is 26.7 Å². The summed E-state index contributed by atoms with van der Waals surface area (Å²) in [6.07, 6.45) is 1.09. The van der Waals surface area contributed by atoms with Crippen LogP contribution in [0.1, 0.15) is 17.5 Å². The molecule has 0 fully saturated rings. The zero-order chi connectivity index (χ0) is 22.7. The van der Waals surface area contributed by atoms with Crippen molar-refractivity contribution in [3.05, 3.63) is 78.4 Å². The average Bonchev–Trinajstić information content (AvgIpc) is 2.79. The lowest BCUT2D eigenvalue weighted by Gasteiger charge is -2.17. The highest BCUT2D eigenvalue weighted by molar-refractivity contribution is 7.89. The fourth-order valence-corrected chi connectivity index (χ4v) is 3.82. The van der Waals surface area contributed by atoms with E-state index < -0.39 is 16.1 Å². The van der Waals surface area contributed by atoms with Gasteiger partial charge >= 0.3 is 6.09 Å². The molecule has 2 amide bonds. The smallest absolute Gasteiger partial charge is 0.407 e. The summed E-state index contributed by atoms with van der Waals surface area (Å²) in [6.45, 7) is 4.36. The number of nitrogens with zero attached hydrogens (tertiary/aromatic N) is 1. The fraction of sp³-hybridized carbons (Fsp3) is 0.273. The van der Waals surface area contributed by atoms with Crippen molar-refractivity contribution in [3.8, 4) is 0 Å². The highest BCUT2D eigenvalue weighted by Gasteiger charge is 2.20. The standard InChI is InChI=1S/C22H27N3O5S/c1-3-21(26)23-14-7-15-25(2)31(28,29)20-12-10-18(11-13-20)16-24-22(27)30-17-19-8-5-4-6-9-19/h3-6,8-13H,1,7,14-17H2,2H3,(H,23,26)(H,24,27). The Kier molecular flexibility index (Phi) is 9.23. The molecule has 0 aliphatic carbocycles. The molecule has 2 rings (SSSR count). The van der Waals surface area contributed by atoms with Gasteiger partial charge in [0.15, 0.2) is 0 Å². The van der Waals surface area contributed by atoms with Gasteiger partial charge in [-0.15, -0.1) is 0 Å². The molecule has 2 N–H and O–H groups in total. The Morgan fingerprint density at radius 2 is 1.71 bits per heavy atom. The maximum Gasteiger partial charge on any atom is 0.407 e. The molecule has 2 aromatic carbocycles. The SMILES string of the molecule is C=CC(=O)NCCCN(C)S(=O)(=O)c1ccc(CNC(=O)OCc2ccccc2)cc1. The van der Waals surface area contributed by atoms with Crippen molar-refractivity contribution in [1.82, 2.24) is 14.9 Å². The van der Waals surface area contributed by atoms with Crippen LogP contribution < -0.4 is 10.6 Å². The molecule has 0 heterocycles. The van der Waals surface area contributed by atoms with Crippen molar-refractivity contribution < 1.29 is 22.7 Å². The van der Waals surface area contributed by atoms with Gasteiger partial charge in [-0.25, -0.2) is 17.5 Å². The third-order valence-corrected chi connectivity index (χ3v) is 6.29. The van der Waals surface area contributed by atoms with E-state index >= 15 is 0 Å². The molecule has 2 aromatic rings. The van der Waals surface area contributed by atoms with E-state index in [1.54, 1.807) is 12.1 Å². The lowest BCUT2D eigenvalue weighted by molar-refractivity contribution is -0.116. The second-order valence-electron chi connectivity index (χ2n) is 6.73. The Balaban J connectivity index is 1.80. The van der Waals surface area contributed by atoms with Gasteiger partial charge in [0.25, 0.3) is 0 Å². The number of carbonyl (C=O) groups is 2. The topological polar surface area (TPSA) is 105 Å². The van der Waals surface area contributed by atoms with Crippen molar-refractivity contribution in [2.75, 3.05) is 20.1 Å². The molecule has 8 nitrogen and oxygen atoms in total. The molecular weight excluding hydrogens is 418 g/mol. The van der Waals surface area contributed by atoms with Crippen LogP contribution in [0.5, 0.6) is 0 Å². The Morgan fingerprint density at radius 1 is 1.03 bits per heavy atom. The average molecular weight is 446 g/mol. The van der Waals surface area contributed by atoms with Crippen molar-refractivity contribution in [1.29, 1.82) is 0 Å². The predicted octanol–water partition coefficient (Wildman–Crippen LogP) is 2.43. The van der Waals surface area contributed by atoms with Crippen LogP contribution in [0.2, 0.25) is 0 Å². The maximum absolute atomic E-state index is 12.6. The number of nitrogens with one attached hydrogen (secondary N) is 2. The van der Waals surface area contributed by atoms with Gasteiger partial charge in [-0.3, -0.25) is 4.79 Å². The number of benzene rings is 2. The number of ether oxygens (including phenoxy) is 1. The van der Waals surface area contributed by atoms with Crippen LogP contribution in [-0.4, -0.2) is 44.9 Å². The summed E-state index contributed by atoms with van der Waals surface area (Å²) in [7, 11) is -2.16. The van der Waals surface area contributed by atoms with E-state index in [9.17, 15) is 18.0 Å². The Morgan fingerprint density at radius 3 is 2.35 bits per heavy atom. The largest absolute Gasteiger partial charge is 0.445 e. The number of hydrogen-bond acceptors (Lipinski definition) is 5. The third-order valence-electron chi connectivity index (χ3n) is 4.42. The quantitative estimate of drug-likeness (QED) is 0.408. The summed E-state index contributed by atoms with van der Waals surface area (Å²) >= 11 is 0. The lowest BCUT2D eigenvalue weighted by Crippen LogP contribution is -2.31. The van der Waals surface area contributed by atoms with E-state index in [0.717, 1.165) is 11.1 Å². The second kappa shape index (κ2) is 11.9. The molecule has 0 saturated heterocycles. The molecule has 166 valence electrons. The monoisotopic (exact) mass is 445 g/mol. The van der Waals surface area contributed by atoms with E-state index in [0.29, 0.717) is 13.0 Å². The first-order chi connectivity index (χ1) is 14.8. The second-order valence-corrected chi connectivity index (χ2v) is 8.78. The Hall–Kier alpha value is -3.17. The van der Waals surface area contributed by atoms with Crippen LogP contribution in [0.4, 0.5) is 4.79 Å². The molecule has 0 unspecified atom stereocenters. The van der Waals surface area contributed by atoms with Gasteiger partial charge < -0.3 is 15.4 Å². The first-order valence-electron chi connectivity index (χ1n) is 9.73. The third kappa shape index (κ3) is 7.88. The van der Waals surface area contributed by atoms with Crippen molar-refractivity contribution in [2.24, 2.45) is 0 Å². The van der Waals surface area contributed by atoms with E-state index in [4.69, 9.17) is 4.74 Å². The van der Waals surface area contributed by atoms with Gasteiger partial charge in [0.05, 0.1) is 4.90 Å². The predicted molar refractivity (Wildman–Crippen MR) is 118 cm³/mol. The molecule has 0 spiro atoms. The molecule has 0 aliphatic rings. The first-order valence-corrected chi connectivity index (χ1v) is 11.2. The van der Waals surface area contributed by atoms with Gasteiger partial charge in [0.1, 0.15) is 6.61 Å². The highest BCUT2D eigenvalue weighted by atomic mass is 32.2. The molecule has 0 atom stereocenters. The number of carbonyl (C=O) groups excluding carboxylic acids is 2. The van der Waals surface area contributed by atoms with Crippen LogP contribution in [0, 0.1) is 0 Å².